The van der Waals surface area contributed by atoms with Crippen LogP contribution in [-0.4, -0.2) is 55.1 Å². The molecule has 0 radical (unpaired) electrons. The molecule has 3 aromatic carbocycles. The van der Waals surface area contributed by atoms with Crippen LogP contribution in [0.3, 0.4) is 0 Å². The topological polar surface area (TPSA) is 86.8 Å². The van der Waals surface area contributed by atoms with E-state index in [1.807, 2.05) is 24.3 Å². The van der Waals surface area contributed by atoms with E-state index in [1.165, 1.54) is 18.0 Å². The maximum Gasteiger partial charge on any atom is 0.243 e. The Balaban J connectivity index is 1.56. The van der Waals surface area contributed by atoms with Gasteiger partial charge in [0.2, 0.25) is 21.8 Å². The number of carbonyl (C=O) groups excluding carboxylic acids is 2. The maximum absolute atomic E-state index is 13.6. The van der Waals surface area contributed by atoms with Gasteiger partial charge in [0.25, 0.3) is 0 Å². The first kappa shape index (κ1) is 28.4. The van der Waals surface area contributed by atoms with Crippen LogP contribution in [0.4, 0.5) is 0 Å². The van der Waals surface area contributed by atoms with E-state index in [2.05, 4.69) is 5.32 Å². The Bertz CT molecular complexity index is 1440. The van der Waals surface area contributed by atoms with Gasteiger partial charge in [0.05, 0.1) is 21.5 Å². The summed E-state index contributed by atoms with van der Waals surface area (Å²) in [6, 6.07) is 16.6. The van der Waals surface area contributed by atoms with Crippen molar-refractivity contribution in [1.82, 2.24) is 14.5 Å². The highest BCUT2D eigenvalue weighted by Crippen LogP contribution is 2.25. The lowest BCUT2D eigenvalue weighted by atomic mass is 10.1. The number of rotatable bonds is 9. The molecule has 0 saturated heterocycles. The molecule has 0 spiro atoms. The Morgan fingerprint density at radius 2 is 1.66 bits per heavy atom. The van der Waals surface area contributed by atoms with Crippen molar-refractivity contribution in [2.75, 3.05) is 13.6 Å². The van der Waals surface area contributed by atoms with Crippen LogP contribution in [0.2, 0.25) is 10.0 Å². The van der Waals surface area contributed by atoms with Crippen LogP contribution in [0.1, 0.15) is 38.2 Å². The van der Waals surface area contributed by atoms with Gasteiger partial charge < -0.3 is 10.2 Å². The van der Waals surface area contributed by atoms with E-state index in [4.69, 9.17) is 23.2 Å². The summed E-state index contributed by atoms with van der Waals surface area (Å²) in [5.74, 6) is -0.776. The van der Waals surface area contributed by atoms with E-state index in [9.17, 15) is 18.0 Å². The molecule has 1 atom stereocenters. The molecule has 1 aliphatic rings. The Labute approximate surface area is 233 Å². The van der Waals surface area contributed by atoms with E-state index in [0.29, 0.717) is 15.6 Å². The SMILES string of the molecule is CC(C(=O)NC1CCCC1)N(Cc1ccc(Cl)c(Cl)c1)C(=O)CN(C)S(=O)(=O)c1ccc2ccccc2c1. The van der Waals surface area contributed by atoms with Crippen molar-refractivity contribution in [2.45, 2.75) is 56.1 Å². The van der Waals surface area contributed by atoms with Gasteiger partial charge in [-0.2, -0.15) is 4.31 Å². The number of fused-ring (bicyclic) bond motifs is 1. The fourth-order valence-corrected chi connectivity index (χ4v) is 6.16. The first-order valence-corrected chi connectivity index (χ1v) is 14.7. The third-order valence-corrected chi connectivity index (χ3v) is 9.53. The van der Waals surface area contributed by atoms with Gasteiger partial charge >= 0.3 is 0 Å². The molecule has 0 aromatic heterocycles. The Kier molecular flexibility index (Phi) is 8.98. The Morgan fingerprint density at radius 3 is 2.34 bits per heavy atom. The minimum Gasteiger partial charge on any atom is -0.352 e. The summed E-state index contributed by atoms with van der Waals surface area (Å²) in [6.07, 6.45) is 3.93. The van der Waals surface area contributed by atoms with Gasteiger partial charge in [-0.05, 0) is 60.4 Å². The van der Waals surface area contributed by atoms with Crippen LogP contribution in [0.5, 0.6) is 0 Å². The van der Waals surface area contributed by atoms with Crippen LogP contribution in [0.15, 0.2) is 65.6 Å². The van der Waals surface area contributed by atoms with Gasteiger partial charge in [-0.3, -0.25) is 9.59 Å². The molecule has 0 bridgehead atoms. The number of hydrogen-bond acceptors (Lipinski definition) is 4. The van der Waals surface area contributed by atoms with E-state index in [1.54, 1.807) is 37.3 Å². The lowest BCUT2D eigenvalue weighted by Crippen LogP contribution is -2.52. The van der Waals surface area contributed by atoms with E-state index in [-0.39, 0.29) is 23.4 Å². The quantitative estimate of drug-likeness (QED) is 0.378. The van der Waals surface area contributed by atoms with Crippen molar-refractivity contribution in [3.63, 3.8) is 0 Å². The second-order valence-corrected chi connectivity index (χ2v) is 12.6. The number of benzene rings is 3. The molecule has 2 amide bonds. The normalized spacial score (nSPS) is 15.1. The van der Waals surface area contributed by atoms with Crippen molar-refractivity contribution >= 4 is 55.8 Å². The lowest BCUT2D eigenvalue weighted by Gasteiger charge is -2.31. The van der Waals surface area contributed by atoms with E-state index >= 15 is 0 Å². The predicted octanol–water partition coefficient (Wildman–Crippen LogP) is 5.24. The van der Waals surface area contributed by atoms with Crippen molar-refractivity contribution in [3.05, 3.63) is 76.3 Å². The lowest BCUT2D eigenvalue weighted by molar-refractivity contribution is -0.140. The summed E-state index contributed by atoms with van der Waals surface area (Å²) in [7, 11) is -2.60. The first-order valence-electron chi connectivity index (χ1n) is 12.5. The second kappa shape index (κ2) is 12.0. The first-order chi connectivity index (χ1) is 18.1. The molecule has 0 heterocycles. The van der Waals surface area contributed by atoms with Crippen molar-refractivity contribution in [2.24, 2.45) is 0 Å². The van der Waals surface area contributed by atoms with Crippen molar-refractivity contribution < 1.29 is 18.0 Å². The summed E-state index contributed by atoms with van der Waals surface area (Å²) in [5.41, 5.74) is 0.674. The number of sulfonamides is 1. The van der Waals surface area contributed by atoms with E-state index in [0.717, 1.165) is 40.8 Å². The molecular formula is C28H31Cl2N3O4S. The van der Waals surface area contributed by atoms with Crippen LogP contribution in [-0.2, 0) is 26.2 Å². The second-order valence-electron chi connectivity index (χ2n) is 9.71. The molecule has 7 nitrogen and oxygen atoms in total. The average molecular weight is 577 g/mol. The van der Waals surface area contributed by atoms with E-state index < -0.39 is 28.5 Å². The third kappa shape index (κ3) is 6.49. The number of nitrogens with zero attached hydrogens (tertiary/aromatic N) is 2. The van der Waals surface area contributed by atoms with Crippen LogP contribution >= 0.6 is 23.2 Å². The fraction of sp³-hybridized carbons (Fsp3) is 0.357. The number of carbonyl (C=O) groups is 2. The van der Waals surface area contributed by atoms with Gasteiger partial charge in [0.15, 0.2) is 0 Å². The zero-order valence-corrected chi connectivity index (χ0v) is 23.7. The molecule has 1 N–H and O–H groups in total. The molecule has 1 saturated carbocycles. The summed E-state index contributed by atoms with van der Waals surface area (Å²) in [6.45, 7) is 1.29. The minimum atomic E-state index is -3.96. The number of likely N-dealkylation sites (N-methyl/N-ethyl adjacent to an activating group) is 1. The fourth-order valence-electron chi connectivity index (χ4n) is 4.68. The highest BCUT2D eigenvalue weighted by molar-refractivity contribution is 7.89. The molecule has 0 aliphatic heterocycles. The summed E-state index contributed by atoms with van der Waals surface area (Å²) >= 11 is 12.2. The predicted molar refractivity (Wildman–Crippen MR) is 151 cm³/mol. The van der Waals surface area contributed by atoms with Crippen molar-refractivity contribution in [1.29, 1.82) is 0 Å². The molecule has 1 unspecified atom stereocenters. The maximum atomic E-state index is 13.6. The monoisotopic (exact) mass is 575 g/mol. The Hall–Kier alpha value is -2.65. The van der Waals surface area contributed by atoms with Gasteiger partial charge in [-0.25, -0.2) is 8.42 Å². The molecule has 1 fully saturated rings. The van der Waals surface area contributed by atoms with Crippen LogP contribution in [0, 0.1) is 0 Å². The van der Waals surface area contributed by atoms with Gasteiger partial charge in [0, 0.05) is 19.6 Å². The zero-order valence-electron chi connectivity index (χ0n) is 21.4. The molecule has 1 aliphatic carbocycles. The highest BCUT2D eigenvalue weighted by atomic mass is 35.5. The number of hydrogen-bond donors (Lipinski definition) is 1. The largest absolute Gasteiger partial charge is 0.352 e. The molecular weight excluding hydrogens is 545 g/mol. The zero-order chi connectivity index (χ0) is 27.4. The number of nitrogens with one attached hydrogen (secondary N) is 1. The molecule has 3 aromatic rings. The molecule has 202 valence electrons. The van der Waals surface area contributed by atoms with Gasteiger partial charge in [0.1, 0.15) is 6.04 Å². The van der Waals surface area contributed by atoms with Gasteiger partial charge in [-0.15, -0.1) is 0 Å². The third-order valence-electron chi connectivity index (χ3n) is 6.99. The standard InChI is InChI=1S/C28H31Cl2N3O4S/c1-19(28(35)31-23-9-5-6-10-23)33(17-20-11-14-25(29)26(30)15-20)27(34)18-32(2)38(36,37)24-13-12-21-7-3-4-8-22(21)16-24/h3-4,7-8,11-16,19,23H,5-6,9-10,17-18H2,1-2H3,(H,31,35). The van der Waals surface area contributed by atoms with Crippen molar-refractivity contribution in [3.8, 4) is 0 Å². The van der Waals surface area contributed by atoms with Gasteiger partial charge in [-0.1, -0.05) is 72.4 Å². The van der Waals surface area contributed by atoms with Crippen LogP contribution < -0.4 is 5.32 Å². The molecule has 38 heavy (non-hydrogen) atoms. The van der Waals surface area contributed by atoms with Crippen LogP contribution in [0.25, 0.3) is 10.8 Å². The minimum absolute atomic E-state index is 0.0683. The smallest absolute Gasteiger partial charge is 0.243 e. The summed E-state index contributed by atoms with van der Waals surface area (Å²) in [4.78, 5) is 28.1. The number of halogens is 2. The number of amides is 2. The highest BCUT2D eigenvalue weighted by Gasteiger charge is 2.31. The summed E-state index contributed by atoms with van der Waals surface area (Å²) < 4.78 is 27.7. The summed E-state index contributed by atoms with van der Waals surface area (Å²) in [5, 5.41) is 5.44. The molecule has 10 heteroatoms. The molecule has 4 rings (SSSR count). The Morgan fingerprint density at radius 1 is 0.974 bits per heavy atom. The average Bonchev–Trinajstić information content (AvgIpc) is 3.41.